The van der Waals surface area contributed by atoms with Crippen molar-refractivity contribution < 1.29 is 4.74 Å². The maximum atomic E-state index is 5.96. The lowest BCUT2D eigenvalue weighted by Gasteiger charge is -2.32. The minimum absolute atomic E-state index is 0.172. The molecule has 4 heterocycles. The van der Waals surface area contributed by atoms with Crippen molar-refractivity contribution in [2.24, 2.45) is 0 Å². The highest BCUT2D eigenvalue weighted by atomic mass is 16.5. The van der Waals surface area contributed by atoms with Crippen molar-refractivity contribution in [2.75, 3.05) is 19.7 Å². The monoisotopic (exact) mass is 339 g/mol. The molecule has 0 amide bonds. The van der Waals surface area contributed by atoms with Gasteiger partial charge in [0.15, 0.2) is 0 Å². The van der Waals surface area contributed by atoms with E-state index in [1.54, 1.807) is 0 Å². The Morgan fingerprint density at radius 3 is 2.84 bits per heavy atom. The Labute approximate surface area is 148 Å². The molecule has 0 saturated carbocycles. The van der Waals surface area contributed by atoms with E-state index < -0.39 is 0 Å². The standard InChI is InChI=1S/C19H25N5O/c1-14-9-16(3)24(21-14)13-18-12-22(7-8-25-18)10-17-11-23-15(2)5-4-6-19(23)20-17/h4-6,9,11,18H,7-8,10,12-13H2,1-3H3/t18-/m0/s1. The molecule has 1 fully saturated rings. The third kappa shape index (κ3) is 3.45. The van der Waals surface area contributed by atoms with Gasteiger partial charge in [0, 0.05) is 37.2 Å². The van der Waals surface area contributed by atoms with Gasteiger partial charge in [-0.25, -0.2) is 4.98 Å². The molecule has 132 valence electrons. The summed E-state index contributed by atoms with van der Waals surface area (Å²) in [5.74, 6) is 0. The van der Waals surface area contributed by atoms with Crippen LogP contribution >= 0.6 is 0 Å². The second-order valence-electron chi connectivity index (χ2n) is 6.96. The molecule has 0 N–H and O–H groups in total. The lowest BCUT2D eigenvalue weighted by atomic mass is 10.2. The van der Waals surface area contributed by atoms with Gasteiger partial charge in [-0.15, -0.1) is 0 Å². The minimum atomic E-state index is 0.172. The Kier molecular flexibility index (Phi) is 4.31. The number of morpholine rings is 1. The summed E-state index contributed by atoms with van der Waals surface area (Å²) in [7, 11) is 0. The topological polar surface area (TPSA) is 47.6 Å². The van der Waals surface area contributed by atoms with Crippen molar-refractivity contribution >= 4 is 5.65 Å². The van der Waals surface area contributed by atoms with Crippen LogP contribution in [0.3, 0.4) is 0 Å². The number of hydrogen-bond donors (Lipinski definition) is 0. The molecule has 3 aromatic rings. The molecule has 1 aliphatic rings. The van der Waals surface area contributed by atoms with Crippen LogP contribution in [0, 0.1) is 20.8 Å². The van der Waals surface area contributed by atoms with Gasteiger partial charge in [-0.2, -0.15) is 5.10 Å². The highest BCUT2D eigenvalue weighted by Gasteiger charge is 2.22. The van der Waals surface area contributed by atoms with E-state index in [-0.39, 0.29) is 6.10 Å². The Morgan fingerprint density at radius 2 is 2.08 bits per heavy atom. The lowest BCUT2D eigenvalue weighted by Crippen LogP contribution is -2.44. The summed E-state index contributed by atoms with van der Waals surface area (Å²) in [6.07, 6.45) is 2.32. The van der Waals surface area contributed by atoms with Crippen molar-refractivity contribution in [2.45, 2.75) is 40.0 Å². The van der Waals surface area contributed by atoms with Crippen LogP contribution in [0.1, 0.15) is 22.8 Å². The third-order valence-corrected chi connectivity index (χ3v) is 4.83. The fourth-order valence-corrected chi connectivity index (χ4v) is 3.59. The van der Waals surface area contributed by atoms with Gasteiger partial charge < -0.3 is 9.14 Å². The van der Waals surface area contributed by atoms with Crippen LogP contribution in [0.4, 0.5) is 0 Å². The maximum Gasteiger partial charge on any atom is 0.137 e. The molecular weight excluding hydrogens is 314 g/mol. The average Bonchev–Trinajstić information content (AvgIpc) is 3.11. The van der Waals surface area contributed by atoms with E-state index >= 15 is 0 Å². The number of imidazole rings is 1. The summed E-state index contributed by atoms with van der Waals surface area (Å²) >= 11 is 0. The molecule has 1 aliphatic heterocycles. The first-order chi connectivity index (χ1) is 12.1. The number of nitrogens with zero attached hydrogens (tertiary/aromatic N) is 5. The van der Waals surface area contributed by atoms with E-state index in [0.717, 1.165) is 49.8 Å². The molecule has 0 unspecified atom stereocenters. The molecular formula is C19H25N5O. The Hall–Kier alpha value is -2.18. The fourth-order valence-electron chi connectivity index (χ4n) is 3.59. The van der Waals surface area contributed by atoms with Crippen LogP contribution in [0.15, 0.2) is 30.5 Å². The number of aromatic nitrogens is 4. The van der Waals surface area contributed by atoms with Crippen molar-refractivity contribution in [1.82, 2.24) is 24.1 Å². The van der Waals surface area contributed by atoms with Crippen LogP contribution in [-0.2, 0) is 17.8 Å². The van der Waals surface area contributed by atoms with E-state index in [1.807, 2.05) is 6.92 Å². The van der Waals surface area contributed by atoms with E-state index in [1.165, 1.54) is 11.4 Å². The zero-order valence-electron chi connectivity index (χ0n) is 15.1. The van der Waals surface area contributed by atoms with E-state index in [2.05, 4.69) is 63.4 Å². The van der Waals surface area contributed by atoms with E-state index in [4.69, 9.17) is 9.72 Å². The third-order valence-electron chi connectivity index (χ3n) is 4.83. The molecule has 1 saturated heterocycles. The van der Waals surface area contributed by atoms with Crippen molar-refractivity contribution in [3.63, 3.8) is 0 Å². The molecule has 1 atom stereocenters. The Morgan fingerprint density at radius 1 is 1.20 bits per heavy atom. The number of hydrogen-bond acceptors (Lipinski definition) is 4. The molecule has 0 aliphatic carbocycles. The molecule has 6 nitrogen and oxygen atoms in total. The first kappa shape index (κ1) is 16.3. The van der Waals surface area contributed by atoms with Crippen LogP contribution in [0.25, 0.3) is 5.65 Å². The highest BCUT2D eigenvalue weighted by molar-refractivity contribution is 5.41. The predicted molar refractivity (Wildman–Crippen MR) is 96.6 cm³/mol. The fraction of sp³-hybridized carbons (Fsp3) is 0.474. The van der Waals surface area contributed by atoms with Gasteiger partial charge in [0.2, 0.25) is 0 Å². The van der Waals surface area contributed by atoms with Crippen LogP contribution < -0.4 is 0 Å². The maximum absolute atomic E-state index is 5.96. The van der Waals surface area contributed by atoms with Gasteiger partial charge in [-0.05, 0) is 39.0 Å². The number of pyridine rings is 1. The second-order valence-corrected chi connectivity index (χ2v) is 6.96. The van der Waals surface area contributed by atoms with Gasteiger partial charge in [-0.1, -0.05) is 6.07 Å². The average molecular weight is 339 g/mol. The number of fused-ring (bicyclic) bond motifs is 1. The minimum Gasteiger partial charge on any atom is -0.374 e. The summed E-state index contributed by atoms with van der Waals surface area (Å²) in [5.41, 5.74) is 5.59. The molecule has 4 rings (SSSR count). The Bertz CT molecular complexity index is 881. The summed E-state index contributed by atoms with van der Waals surface area (Å²) in [5, 5.41) is 4.55. The molecule has 0 bridgehead atoms. The molecule has 0 aromatic carbocycles. The van der Waals surface area contributed by atoms with Gasteiger partial charge in [0.1, 0.15) is 5.65 Å². The second kappa shape index (κ2) is 6.61. The van der Waals surface area contributed by atoms with Gasteiger partial charge in [-0.3, -0.25) is 9.58 Å². The first-order valence-electron chi connectivity index (χ1n) is 8.87. The van der Waals surface area contributed by atoms with Crippen LogP contribution in [-0.4, -0.2) is 49.9 Å². The van der Waals surface area contributed by atoms with Crippen molar-refractivity contribution in [1.29, 1.82) is 0 Å². The van der Waals surface area contributed by atoms with E-state index in [0.29, 0.717) is 0 Å². The van der Waals surface area contributed by atoms with Gasteiger partial charge >= 0.3 is 0 Å². The lowest BCUT2D eigenvalue weighted by molar-refractivity contribution is -0.0407. The van der Waals surface area contributed by atoms with E-state index in [9.17, 15) is 0 Å². The smallest absolute Gasteiger partial charge is 0.137 e. The van der Waals surface area contributed by atoms with Crippen molar-refractivity contribution in [3.8, 4) is 0 Å². The Balaban J connectivity index is 1.43. The van der Waals surface area contributed by atoms with Crippen LogP contribution in [0.2, 0.25) is 0 Å². The summed E-state index contributed by atoms with van der Waals surface area (Å²) in [6, 6.07) is 8.33. The summed E-state index contributed by atoms with van der Waals surface area (Å²) < 4.78 is 10.2. The number of aryl methyl sites for hydroxylation is 3. The van der Waals surface area contributed by atoms with Gasteiger partial charge in [0.05, 0.1) is 30.6 Å². The summed E-state index contributed by atoms with van der Waals surface area (Å²) in [6.45, 7) is 10.5. The highest BCUT2D eigenvalue weighted by Crippen LogP contribution is 2.14. The number of rotatable bonds is 4. The summed E-state index contributed by atoms with van der Waals surface area (Å²) in [4.78, 5) is 7.18. The number of ether oxygens (including phenoxy) is 1. The largest absolute Gasteiger partial charge is 0.374 e. The van der Waals surface area contributed by atoms with Crippen LogP contribution in [0.5, 0.6) is 0 Å². The van der Waals surface area contributed by atoms with Crippen molar-refractivity contribution in [3.05, 3.63) is 53.2 Å². The van der Waals surface area contributed by atoms with Gasteiger partial charge in [0.25, 0.3) is 0 Å². The zero-order valence-corrected chi connectivity index (χ0v) is 15.1. The molecule has 0 radical (unpaired) electrons. The molecule has 25 heavy (non-hydrogen) atoms. The quantitative estimate of drug-likeness (QED) is 0.732. The SMILES string of the molecule is Cc1cc(C)n(C[C@@H]2CN(Cc3cn4c(C)cccc4n3)CCO2)n1. The molecule has 3 aromatic heterocycles. The molecule has 6 heteroatoms. The zero-order chi connectivity index (χ0) is 17.4. The predicted octanol–water partition coefficient (Wildman–Crippen LogP) is 2.36. The molecule has 0 spiro atoms. The normalized spacial score (nSPS) is 18.9. The first-order valence-corrected chi connectivity index (χ1v) is 8.87.